The van der Waals surface area contributed by atoms with Gasteiger partial charge in [0, 0.05) is 15.5 Å². The molecule has 1 heterocycles. The highest BCUT2D eigenvalue weighted by Crippen LogP contribution is 2.37. The molecule has 15 heavy (non-hydrogen) atoms. The minimum absolute atomic E-state index is 0.418. The molecule has 0 fully saturated rings. The van der Waals surface area contributed by atoms with Crippen molar-refractivity contribution in [1.29, 1.82) is 0 Å². The smallest absolute Gasteiger partial charge is 0.0442 e. The summed E-state index contributed by atoms with van der Waals surface area (Å²) in [5.41, 5.74) is 2.66. The summed E-state index contributed by atoms with van der Waals surface area (Å²) in [5.74, 6) is 0.582. The molecule has 1 nitrogen and oxygen atoms in total. The maximum absolute atomic E-state index is 6.24. The van der Waals surface area contributed by atoms with Crippen LogP contribution in [0.4, 0.5) is 0 Å². The summed E-state index contributed by atoms with van der Waals surface area (Å²) < 4.78 is 1.17. The van der Waals surface area contributed by atoms with Gasteiger partial charge in [0.05, 0.1) is 0 Å². The summed E-state index contributed by atoms with van der Waals surface area (Å²) in [5, 5.41) is 4.46. The summed E-state index contributed by atoms with van der Waals surface area (Å²) in [4.78, 5) is 0. The van der Waals surface area contributed by atoms with Crippen LogP contribution in [0, 0.1) is 5.92 Å². The van der Waals surface area contributed by atoms with Crippen molar-refractivity contribution in [2.45, 2.75) is 26.3 Å². The third kappa shape index (κ3) is 2.08. The van der Waals surface area contributed by atoms with Crippen LogP contribution in [0.3, 0.4) is 0 Å². The van der Waals surface area contributed by atoms with Gasteiger partial charge in [0.1, 0.15) is 0 Å². The number of halogens is 2. The molecule has 0 spiro atoms. The van der Waals surface area contributed by atoms with Gasteiger partial charge in [-0.3, -0.25) is 0 Å². The van der Waals surface area contributed by atoms with E-state index in [2.05, 4.69) is 35.1 Å². The molecular formula is C12H15BrClN. The van der Waals surface area contributed by atoms with E-state index in [1.54, 1.807) is 0 Å². The fourth-order valence-corrected chi connectivity index (χ4v) is 3.10. The molecule has 0 bridgehead atoms. The second-order valence-electron chi connectivity index (χ2n) is 4.35. The molecule has 1 atom stereocenters. The van der Waals surface area contributed by atoms with E-state index in [0.29, 0.717) is 12.0 Å². The summed E-state index contributed by atoms with van der Waals surface area (Å²) in [6.45, 7) is 5.49. The molecule has 2 rings (SSSR count). The first-order chi connectivity index (χ1) is 7.11. The van der Waals surface area contributed by atoms with Crippen LogP contribution >= 0.6 is 27.5 Å². The minimum Gasteiger partial charge on any atom is -0.309 e. The lowest BCUT2D eigenvalue weighted by atomic mass is 9.88. The van der Waals surface area contributed by atoms with Crippen molar-refractivity contribution in [1.82, 2.24) is 5.32 Å². The van der Waals surface area contributed by atoms with E-state index in [0.717, 1.165) is 18.0 Å². The van der Waals surface area contributed by atoms with Gasteiger partial charge < -0.3 is 5.32 Å². The molecule has 0 aliphatic carbocycles. The molecule has 1 aliphatic rings. The molecule has 3 heteroatoms. The van der Waals surface area contributed by atoms with E-state index in [-0.39, 0.29) is 0 Å². The molecule has 1 aromatic rings. The molecule has 0 saturated carbocycles. The van der Waals surface area contributed by atoms with Crippen molar-refractivity contribution in [2.24, 2.45) is 5.92 Å². The first-order valence-electron chi connectivity index (χ1n) is 5.31. The van der Waals surface area contributed by atoms with Gasteiger partial charge >= 0.3 is 0 Å². The van der Waals surface area contributed by atoms with Crippen LogP contribution in [0.25, 0.3) is 0 Å². The maximum atomic E-state index is 6.24. The maximum Gasteiger partial charge on any atom is 0.0442 e. The lowest BCUT2D eigenvalue weighted by molar-refractivity contribution is 0.394. The van der Waals surface area contributed by atoms with Crippen LogP contribution in [-0.2, 0) is 6.42 Å². The summed E-state index contributed by atoms with van der Waals surface area (Å²) in [6.07, 6.45) is 1.02. The molecule has 0 saturated heterocycles. The average molecular weight is 289 g/mol. The molecule has 82 valence electrons. The van der Waals surface area contributed by atoms with E-state index in [1.807, 2.05) is 12.1 Å². The quantitative estimate of drug-likeness (QED) is 0.825. The third-order valence-electron chi connectivity index (χ3n) is 2.96. The van der Waals surface area contributed by atoms with E-state index >= 15 is 0 Å². The Hall–Kier alpha value is -0.0500. The number of rotatable bonds is 1. The van der Waals surface area contributed by atoms with Crippen molar-refractivity contribution in [3.05, 3.63) is 32.8 Å². The SMILES string of the molecule is CC(C)C1NCCc2c(Cl)ccc(Br)c21. The fourth-order valence-electron chi connectivity index (χ4n) is 2.22. The van der Waals surface area contributed by atoms with E-state index < -0.39 is 0 Å². The monoisotopic (exact) mass is 287 g/mol. The largest absolute Gasteiger partial charge is 0.309 e. The number of hydrogen-bond donors (Lipinski definition) is 1. The van der Waals surface area contributed by atoms with Crippen molar-refractivity contribution >= 4 is 27.5 Å². The highest BCUT2D eigenvalue weighted by Gasteiger charge is 2.25. The minimum atomic E-state index is 0.418. The van der Waals surface area contributed by atoms with Crippen molar-refractivity contribution in [2.75, 3.05) is 6.54 Å². The van der Waals surface area contributed by atoms with Crippen LogP contribution in [0.2, 0.25) is 5.02 Å². The predicted octanol–water partition coefficient (Wildman–Crippen LogP) is 3.95. The van der Waals surface area contributed by atoms with Gasteiger partial charge in [-0.15, -0.1) is 0 Å². The van der Waals surface area contributed by atoms with Gasteiger partial charge in [-0.1, -0.05) is 41.4 Å². The Kier molecular flexibility index (Phi) is 3.39. The van der Waals surface area contributed by atoms with Crippen LogP contribution in [-0.4, -0.2) is 6.54 Å². The molecule has 1 aliphatic heterocycles. The van der Waals surface area contributed by atoms with Crippen LogP contribution in [0.1, 0.15) is 31.0 Å². The molecule has 0 aromatic heterocycles. The topological polar surface area (TPSA) is 12.0 Å². The molecule has 1 N–H and O–H groups in total. The normalized spacial score (nSPS) is 20.5. The second-order valence-corrected chi connectivity index (χ2v) is 5.61. The summed E-state index contributed by atoms with van der Waals surface area (Å²) in [6, 6.07) is 4.44. The van der Waals surface area contributed by atoms with Crippen molar-refractivity contribution in [3.63, 3.8) is 0 Å². The first kappa shape index (κ1) is 11.4. The standard InChI is InChI=1S/C12H15BrClN/c1-7(2)12-11-8(5-6-15-12)10(14)4-3-9(11)13/h3-4,7,12,15H,5-6H2,1-2H3. The van der Waals surface area contributed by atoms with Gasteiger partial charge in [-0.05, 0) is 42.1 Å². The van der Waals surface area contributed by atoms with Gasteiger partial charge in [0.15, 0.2) is 0 Å². The van der Waals surface area contributed by atoms with Crippen LogP contribution < -0.4 is 5.32 Å². The Morgan fingerprint density at radius 1 is 1.47 bits per heavy atom. The van der Waals surface area contributed by atoms with Crippen molar-refractivity contribution in [3.8, 4) is 0 Å². The second kappa shape index (κ2) is 4.44. The number of fused-ring (bicyclic) bond motifs is 1. The van der Waals surface area contributed by atoms with Crippen molar-refractivity contribution < 1.29 is 0 Å². The van der Waals surface area contributed by atoms with E-state index in [4.69, 9.17) is 11.6 Å². The van der Waals surface area contributed by atoms with Gasteiger partial charge in [-0.25, -0.2) is 0 Å². The highest BCUT2D eigenvalue weighted by atomic mass is 79.9. The Morgan fingerprint density at radius 2 is 2.20 bits per heavy atom. The average Bonchev–Trinajstić information content (AvgIpc) is 2.23. The fraction of sp³-hybridized carbons (Fsp3) is 0.500. The zero-order valence-electron chi connectivity index (χ0n) is 8.98. The lowest BCUT2D eigenvalue weighted by Crippen LogP contribution is -2.33. The summed E-state index contributed by atoms with van der Waals surface area (Å²) >= 11 is 9.86. The Morgan fingerprint density at radius 3 is 2.87 bits per heavy atom. The molecule has 1 aromatic carbocycles. The molecule has 0 radical (unpaired) electrons. The van der Waals surface area contributed by atoms with Gasteiger partial charge in [0.2, 0.25) is 0 Å². The van der Waals surface area contributed by atoms with Crippen LogP contribution in [0.5, 0.6) is 0 Å². The number of benzene rings is 1. The first-order valence-corrected chi connectivity index (χ1v) is 6.48. The molecule has 1 unspecified atom stereocenters. The third-order valence-corrected chi connectivity index (χ3v) is 4.01. The van der Waals surface area contributed by atoms with Crippen LogP contribution in [0.15, 0.2) is 16.6 Å². The number of hydrogen-bond acceptors (Lipinski definition) is 1. The van der Waals surface area contributed by atoms with E-state index in [1.165, 1.54) is 15.6 Å². The van der Waals surface area contributed by atoms with Gasteiger partial charge in [0.25, 0.3) is 0 Å². The summed E-state index contributed by atoms with van der Waals surface area (Å²) in [7, 11) is 0. The van der Waals surface area contributed by atoms with E-state index in [9.17, 15) is 0 Å². The molecular weight excluding hydrogens is 273 g/mol. The number of nitrogens with one attached hydrogen (secondary N) is 1. The molecule has 0 amide bonds. The Labute approximate surface area is 104 Å². The van der Waals surface area contributed by atoms with Gasteiger partial charge in [-0.2, -0.15) is 0 Å². The lowest BCUT2D eigenvalue weighted by Gasteiger charge is -2.31. The predicted molar refractivity (Wildman–Crippen MR) is 68.4 cm³/mol. The zero-order valence-corrected chi connectivity index (χ0v) is 11.3. The highest BCUT2D eigenvalue weighted by molar-refractivity contribution is 9.10. The zero-order chi connectivity index (χ0) is 11.0. The Balaban J connectivity index is 2.54. The Bertz CT molecular complexity index is 376.